The number of nitrogens with one attached hydrogen (secondary N) is 2. The molecule has 3 amide bonds. The summed E-state index contributed by atoms with van der Waals surface area (Å²) in [5.41, 5.74) is 1.37. The molecule has 0 aliphatic heterocycles. The summed E-state index contributed by atoms with van der Waals surface area (Å²) in [4.78, 5) is 37.9. The van der Waals surface area contributed by atoms with E-state index < -0.39 is 24.5 Å². The number of nitrogens with zero attached hydrogens (tertiary/aromatic N) is 1. The molecular formula is C12H14ClN3O4. The number of halogens is 1. The molecule has 20 heavy (non-hydrogen) atoms. The normalized spacial score (nSPS) is 9.80. The van der Waals surface area contributed by atoms with Crippen molar-refractivity contribution in [3.05, 3.63) is 28.0 Å². The van der Waals surface area contributed by atoms with Crippen LogP contribution in [0.3, 0.4) is 0 Å². The number of hydrogen-bond acceptors (Lipinski definition) is 5. The lowest BCUT2D eigenvalue weighted by Crippen LogP contribution is -2.39. The van der Waals surface area contributed by atoms with E-state index in [0.717, 1.165) is 0 Å². The molecule has 8 heteroatoms. The quantitative estimate of drug-likeness (QED) is 0.640. The molecule has 1 rings (SSSR count). The van der Waals surface area contributed by atoms with Gasteiger partial charge in [-0.25, -0.2) is 14.6 Å². The number of amides is 3. The van der Waals surface area contributed by atoms with Gasteiger partial charge in [-0.2, -0.15) is 0 Å². The molecule has 0 aliphatic carbocycles. The number of pyridine rings is 1. The molecule has 0 saturated heterocycles. The van der Waals surface area contributed by atoms with Crippen LogP contribution in [-0.4, -0.2) is 36.5 Å². The number of carbonyl (C=O) groups is 3. The monoisotopic (exact) mass is 299 g/mol. The molecule has 0 radical (unpaired) electrons. The van der Waals surface area contributed by atoms with Gasteiger partial charge < -0.3 is 10.1 Å². The zero-order valence-corrected chi connectivity index (χ0v) is 12.0. The van der Waals surface area contributed by atoms with E-state index in [2.05, 4.69) is 10.3 Å². The van der Waals surface area contributed by atoms with Gasteiger partial charge in [0.15, 0.2) is 6.61 Å². The number of urea groups is 1. The summed E-state index contributed by atoms with van der Waals surface area (Å²) in [5, 5.41) is 4.17. The number of carbonyl (C=O) groups excluding carboxylic acids is 3. The Kier molecular flexibility index (Phi) is 5.45. The van der Waals surface area contributed by atoms with Gasteiger partial charge in [-0.1, -0.05) is 11.6 Å². The lowest BCUT2D eigenvalue weighted by atomic mass is 10.1. The molecule has 0 fully saturated rings. The first-order chi connectivity index (χ1) is 9.35. The Morgan fingerprint density at radius 2 is 2.00 bits per heavy atom. The summed E-state index contributed by atoms with van der Waals surface area (Å²) >= 11 is 5.88. The number of hydrogen-bond donors (Lipinski definition) is 2. The molecule has 1 heterocycles. The average Bonchev–Trinajstić information content (AvgIpc) is 2.34. The Morgan fingerprint density at radius 1 is 1.35 bits per heavy atom. The molecule has 1 aromatic rings. The molecule has 0 atom stereocenters. The van der Waals surface area contributed by atoms with E-state index >= 15 is 0 Å². The van der Waals surface area contributed by atoms with E-state index in [0.29, 0.717) is 11.3 Å². The van der Waals surface area contributed by atoms with Crippen molar-refractivity contribution in [2.45, 2.75) is 13.8 Å². The maximum Gasteiger partial charge on any atom is 0.342 e. The Balaban J connectivity index is 2.69. The third-order valence-corrected chi connectivity index (χ3v) is 2.59. The fraction of sp³-hybridized carbons (Fsp3) is 0.333. The average molecular weight is 300 g/mol. The van der Waals surface area contributed by atoms with Crippen LogP contribution in [0.1, 0.15) is 21.6 Å². The van der Waals surface area contributed by atoms with E-state index in [4.69, 9.17) is 16.3 Å². The van der Waals surface area contributed by atoms with Gasteiger partial charge in [0.25, 0.3) is 5.91 Å². The number of rotatable bonds is 3. The van der Waals surface area contributed by atoms with Crippen LogP contribution in [0.25, 0.3) is 0 Å². The standard InChI is InChI=1S/C12H14ClN3O4/c1-6-4-7(2)15-10(13)9(6)11(18)20-5-8(17)16-12(19)14-3/h4H,5H2,1-3H3,(H2,14,16,17,19). The Labute approximate surface area is 120 Å². The van der Waals surface area contributed by atoms with Crippen LogP contribution in [0.15, 0.2) is 6.07 Å². The number of aromatic nitrogens is 1. The SMILES string of the molecule is CNC(=O)NC(=O)COC(=O)c1c(C)cc(C)nc1Cl. The highest BCUT2D eigenvalue weighted by molar-refractivity contribution is 6.32. The van der Waals surface area contributed by atoms with Crippen molar-refractivity contribution in [1.29, 1.82) is 0 Å². The first-order valence-electron chi connectivity index (χ1n) is 5.67. The minimum atomic E-state index is -0.771. The highest BCUT2D eigenvalue weighted by atomic mass is 35.5. The molecule has 0 unspecified atom stereocenters. The van der Waals surface area contributed by atoms with Gasteiger partial charge in [-0.05, 0) is 25.5 Å². The van der Waals surface area contributed by atoms with Gasteiger partial charge in [0.05, 0.1) is 5.56 Å². The summed E-state index contributed by atoms with van der Waals surface area (Å²) in [6.07, 6.45) is 0. The van der Waals surface area contributed by atoms with Gasteiger partial charge in [-0.15, -0.1) is 0 Å². The van der Waals surface area contributed by atoms with E-state index in [1.54, 1.807) is 19.9 Å². The van der Waals surface area contributed by atoms with Crippen molar-refractivity contribution in [2.75, 3.05) is 13.7 Å². The van der Waals surface area contributed by atoms with Crippen LogP contribution >= 0.6 is 11.6 Å². The summed E-state index contributed by atoms with van der Waals surface area (Å²) in [6.45, 7) is 2.84. The molecule has 0 aliphatic rings. The fourth-order valence-corrected chi connectivity index (χ4v) is 1.82. The van der Waals surface area contributed by atoms with Crippen molar-refractivity contribution < 1.29 is 19.1 Å². The highest BCUT2D eigenvalue weighted by Crippen LogP contribution is 2.19. The molecule has 7 nitrogen and oxygen atoms in total. The zero-order valence-electron chi connectivity index (χ0n) is 11.2. The van der Waals surface area contributed by atoms with Crippen LogP contribution in [0.4, 0.5) is 4.79 Å². The second-order valence-corrected chi connectivity index (χ2v) is 4.31. The Morgan fingerprint density at radius 3 is 2.55 bits per heavy atom. The van der Waals surface area contributed by atoms with Crippen molar-refractivity contribution in [3.63, 3.8) is 0 Å². The maximum absolute atomic E-state index is 11.8. The largest absolute Gasteiger partial charge is 0.452 e. The first kappa shape index (κ1) is 15.9. The predicted molar refractivity (Wildman–Crippen MR) is 71.6 cm³/mol. The molecule has 0 aromatic carbocycles. The van der Waals surface area contributed by atoms with Crippen molar-refractivity contribution in [2.24, 2.45) is 0 Å². The zero-order chi connectivity index (χ0) is 15.3. The van der Waals surface area contributed by atoms with E-state index in [-0.39, 0.29) is 10.7 Å². The number of ether oxygens (including phenoxy) is 1. The lowest BCUT2D eigenvalue weighted by molar-refractivity contribution is -0.123. The van der Waals surface area contributed by atoms with E-state index in [1.165, 1.54) is 7.05 Å². The van der Waals surface area contributed by atoms with E-state index in [1.807, 2.05) is 5.32 Å². The second-order valence-electron chi connectivity index (χ2n) is 3.95. The summed E-state index contributed by atoms with van der Waals surface area (Å²) in [5.74, 6) is -1.52. The van der Waals surface area contributed by atoms with Crippen LogP contribution in [0, 0.1) is 13.8 Å². The molecule has 2 N–H and O–H groups in total. The molecule has 0 saturated carbocycles. The number of esters is 1. The third-order valence-electron chi connectivity index (χ3n) is 2.32. The first-order valence-corrected chi connectivity index (χ1v) is 6.05. The Bertz CT molecular complexity index is 537. The van der Waals surface area contributed by atoms with Gasteiger partial charge in [0.2, 0.25) is 0 Å². The maximum atomic E-state index is 11.8. The molecule has 0 bridgehead atoms. The summed E-state index contributed by atoms with van der Waals surface area (Å²) in [7, 11) is 1.36. The molecule has 108 valence electrons. The van der Waals surface area contributed by atoms with Crippen LogP contribution in [0.2, 0.25) is 5.15 Å². The topological polar surface area (TPSA) is 97.4 Å². The summed E-state index contributed by atoms with van der Waals surface area (Å²) < 4.78 is 4.78. The number of imide groups is 1. The minimum absolute atomic E-state index is 0.0132. The predicted octanol–water partition coefficient (Wildman–Crippen LogP) is 0.964. The van der Waals surface area contributed by atoms with Crippen LogP contribution in [-0.2, 0) is 9.53 Å². The van der Waals surface area contributed by atoms with Gasteiger partial charge in [0, 0.05) is 12.7 Å². The van der Waals surface area contributed by atoms with Gasteiger partial charge in [-0.3, -0.25) is 10.1 Å². The van der Waals surface area contributed by atoms with Gasteiger partial charge >= 0.3 is 12.0 Å². The Hall–Kier alpha value is -2.15. The van der Waals surface area contributed by atoms with Crippen LogP contribution in [0.5, 0.6) is 0 Å². The summed E-state index contributed by atoms with van der Waals surface area (Å²) in [6, 6.07) is 0.991. The molecule has 0 spiro atoms. The smallest absolute Gasteiger partial charge is 0.342 e. The second kappa shape index (κ2) is 6.85. The minimum Gasteiger partial charge on any atom is -0.452 e. The van der Waals surface area contributed by atoms with Gasteiger partial charge in [0.1, 0.15) is 5.15 Å². The highest BCUT2D eigenvalue weighted by Gasteiger charge is 2.18. The number of aryl methyl sites for hydroxylation is 2. The van der Waals surface area contributed by atoms with E-state index in [9.17, 15) is 14.4 Å². The fourth-order valence-electron chi connectivity index (χ4n) is 1.46. The third kappa shape index (κ3) is 4.20. The molecule has 1 aromatic heterocycles. The molecular weight excluding hydrogens is 286 g/mol. The van der Waals surface area contributed by atoms with Crippen molar-refractivity contribution in [1.82, 2.24) is 15.6 Å². The lowest BCUT2D eigenvalue weighted by Gasteiger charge is -2.09. The van der Waals surface area contributed by atoms with Crippen molar-refractivity contribution in [3.8, 4) is 0 Å². The van der Waals surface area contributed by atoms with Crippen molar-refractivity contribution >= 4 is 29.5 Å². The van der Waals surface area contributed by atoms with Crippen LogP contribution < -0.4 is 10.6 Å².